The Hall–Kier alpha value is 0.719. The summed E-state index contributed by atoms with van der Waals surface area (Å²) in [5.41, 5.74) is 0. The van der Waals surface area contributed by atoms with Crippen molar-refractivity contribution in [3.63, 3.8) is 0 Å². The molecule has 0 aliphatic heterocycles. The van der Waals surface area contributed by atoms with Gasteiger partial charge in [0.1, 0.15) is 0 Å². The molecule has 0 aromatic rings. The van der Waals surface area contributed by atoms with E-state index in [-0.39, 0.29) is 12.2 Å². The summed E-state index contributed by atoms with van der Waals surface area (Å²) >= 11 is -2.37. The van der Waals surface area contributed by atoms with Crippen molar-refractivity contribution in [1.29, 1.82) is 0 Å². The molecule has 0 aromatic carbocycles. The van der Waals surface area contributed by atoms with Crippen LogP contribution in [0.4, 0.5) is 0 Å². The first kappa shape index (κ1) is 24.7. The van der Waals surface area contributed by atoms with Crippen LogP contribution in [-0.4, -0.2) is 39.8 Å². The van der Waals surface area contributed by atoms with Crippen molar-refractivity contribution in [3.05, 3.63) is 0 Å². The number of aliphatic hydroxyl groups is 1. The molecular formula is C21H46O2Sn. The Bertz CT molecular complexity index is 259. The number of unbranched alkanes of at least 4 members (excludes halogenated alkanes) is 4. The van der Waals surface area contributed by atoms with Crippen molar-refractivity contribution in [2.45, 2.75) is 129 Å². The van der Waals surface area contributed by atoms with Gasteiger partial charge in [-0.25, -0.2) is 0 Å². The summed E-state index contributed by atoms with van der Waals surface area (Å²) in [4.78, 5) is 0. The number of hydrogen-bond acceptors (Lipinski definition) is 2. The van der Waals surface area contributed by atoms with Gasteiger partial charge in [0.25, 0.3) is 0 Å². The van der Waals surface area contributed by atoms with Crippen molar-refractivity contribution in [2.24, 2.45) is 0 Å². The van der Waals surface area contributed by atoms with Crippen molar-refractivity contribution in [2.75, 3.05) is 0 Å². The van der Waals surface area contributed by atoms with Crippen molar-refractivity contribution >= 4 is 18.4 Å². The Labute approximate surface area is 157 Å². The number of rotatable bonds is 16. The zero-order valence-corrected chi connectivity index (χ0v) is 20.4. The van der Waals surface area contributed by atoms with Crippen molar-refractivity contribution in [1.82, 2.24) is 0 Å². The summed E-state index contributed by atoms with van der Waals surface area (Å²) in [5, 5.41) is 9.99. The molecule has 1 N–H and O–H groups in total. The van der Waals surface area contributed by atoms with E-state index >= 15 is 0 Å². The third-order valence-electron chi connectivity index (χ3n) is 5.65. The average Bonchev–Trinajstić information content (AvgIpc) is 2.58. The molecular weight excluding hydrogens is 403 g/mol. The number of aliphatic hydroxyl groups excluding tert-OH is 1. The first-order valence-electron chi connectivity index (χ1n) is 10.8. The summed E-state index contributed by atoms with van der Waals surface area (Å²) in [6, 6.07) is 0. The van der Waals surface area contributed by atoms with E-state index in [1.54, 1.807) is 0 Å². The van der Waals surface area contributed by atoms with Crippen molar-refractivity contribution < 1.29 is 9.84 Å². The normalized spacial score (nSPS) is 16.1. The molecule has 0 heterocycles. The topological polar surface area (TPSA) is 29.5 Å². The van der Waals surface area contributed by atoms with Crippen molar-refractivity contribution in [3.8, 4) is 0 Å². The van der Waals surface area contributed by atoms with Gasteiger partial charge in [0.05, 0.1) is 0 Å². The second-order valence-corrected chi connectivity index (χ2v) is 21.8. The van der Waals surface area contributed by atoms with Crippen LogP contribution in [0.1, 0.15) is 99.3 Å². The number of ether oxygens (including phenoxy) is 1. The van der Waals surface area contributed by atoms with E-state index in [4.69, 9.17) is 4.74 Å². The maximum absolute atomic E-state index is 9.99. The third kappa shape index (κ3) is 9.43. The molecule has 0 spiro atoms. The predicted molar refractivity (Wildman–Crippen MR) is 110 cm³/mol. The van der Waals surface area contributed by atoms with Gasteiger partial charge < -0.3 is 0 Å². The van der Waals surface area contributed by atoms with E-state index in [1.165, 1.54) is 71.1 Å². The van der Waals surface area contributed by atoms with Gasteiger partial charge in [-0.2, -0.15) is 0 Å². The van der Waals surface area contributed by atoms with Crippen LogP contribution < -0.4 is 0 Å². The minimum atomic E-state index is -2.37. The summed E-state index contributed by atoms with van der Waals surface area (Å²) in [7, 11) is 0. The summed E-state index contributed by atoms with van der Waals surface area (Å²) in [5.74, 6) is 0. The van der Waals surface area contributed by atoms with E-state index in [9.17, 15) is 5.11 Å². The molecule has 146 valence electrons. The molecule has 0 aliphatic rings. The predicted octanol–water partition coefficient (Wildman–Crippen LogP) is 6.72. The monoisotopic (exact) mass is 450 g/mol. The van der Waals surface area contributed by atoms with Crippen LogP contribution in [0, 0.1) is 0 Å². The van der Waals surface area contributed by atoms with Crippen LogP contribution in [0.5, 0.6) is 0 Å². The Kier molecular flexibility index (Phi) is 15.3. The van der Waals surface area contributed by atoms with Gasteiger partial charge >= 0.3 is 157 Å². The zero-order valence-electron chi connectivity index (χ0n) is 17.6. The van der Waals surface area contributed by atoms with Gasteiger partial charge in [-0.15, -0.1) is 0 Å². The Balaban J connectivity index is 5.41. The average molecular weight is 449 g/mol. The standard InChI is InChI=1S/C9H19O2.3C4H9.Sn/c1-4-5-6-7-11-9(3)8(2)10;3*1-3-4-2;/h7-10H,4-6H2,1-3H3;3*1,3-4H2,2H3;/t8-,9-;;;;/m1..../s1. The molecule has 0 saturated carbocycles. The van der Waals surface area contributed by atoms with Gasteiger partial charge in [0.15, 0.2) is 0 Å². The van der Waals surface area contributed by atoms with Crippen LogP contribution in [0.2, 0.25) is 13.3 Å². The van der Waals surface area contributed by atoms with Gasteiger partial charge in [-0.1, -0.05) is 0 Å². The molecule has 0 rings (SSSR count). The second-order valence-electron chi connectivity index (χ2n) is 7.89. The third-order valence-corrected chi connectivity index (χ3v) is 22.3. The SMILES string of the molecule is CCCC[C@H](O[C@H](C)[C@@H](C)O)[Sn]([CH2]CCC)([CH2]CCC)[CH2]CCC. The fourth-order valence-corrected chi connectivity index (χ4v) is 21.4. The molecule has 0 saturated heterocycles. The van der Waals surface area contributed by atoms with E-state index in [0.29, 0.717) is 4.12 Å². The van der Waals surface area contributed by atoms with Gasteiger partial charge in [-0.3, -0.25) is 0 Å². The molecule has 0 aromatic heterocycles. The molecule has 3 atom stereocenters. The number of hydrogen-bond donors (Lipinski definition) is 1. The van der Waals surface area contributed by atoms with Crippen LogP contribution >= 0.6 is 0 Å². The first-order chi connectivity index (χ1) is 11.5. The van der Waals surface area contributed by atoms with E-state index in [2.05, 4.69) is 34.6 Å². The molecule has 0 radical (unpaired) electrons. The van der Waals surface area contributed by atoms with Crippen LogP contribution in [0.3, 0.4) is 0 Å². The van der Waals surface area contributed by atoms with Gasteiger partial charge in [0, 0.05) is 0 Å². The molecule has 2 nitrogen and oxygen atoms in total. The van der Waals surface area contributed by atoms with E-state index in [0.717, 1.165) is 0 Å². The molecule has 0 bridgehead atoms. The Morgan fingerprint density at radius 3 is 1.50 bits per heavy atom. The van der Waals surface area contributed by atoms with Gasteiger partial charge in [0.2, 0.25) is 0 Å². The zero-order chi connectivity index (χ0) is 18.4. The van der Waals surface area contributed by atoms with E-state index < -0.39 is 18.4 Å². The summed E-state index contributed by atoms with van der Waals surface area (Å²) < 4.78 is 11.6. The summed E-state index contributed by atoms with van der Waals surface area (Å²) in [6.07, 6.45) is 11.5. The van der Waals surface area contributed by atoms with Crippen LogP contribution in [0.25, 0.3) is 0 Å². The summed E-state index contributed by atoms with van der Waals surface area (Å²) in [6.45, 7) is 13.2. The quantitative estimate of drug-likeness (QED) is 0.265. The molecule has 0 amide bonds. The fraction of sp³-hybridized carbons (Fsp3) is 1.00. The molecule has 3 heteroatoms. The van der Waals surface area contributed by atoms with Crippen LogP contribution in [0.15, 0.2) is 0 Å². The Morgan fingerprint density at radius 2 is 1.17 bits per heavy atom. The molecule has 0 unspecified atom stereocenters. The molecule has 24 heavy (non-hydrogen) atoms. The van der Waals surface area contributed by atoms with E-state index in [1.807, 2.05) is 6.92 Å². The minimum absolute atomic E-state index is 0.0205. The Morgan fingerprint density at radius 1 is 0.750 bits per heavy atom. The fourth-order valence-electron chi connectivity index (χ4n) is 3.73. The molecule has 0 aliphatic carbocycles. The second kappa shape index (κ2) is 14.8. The maximum atomic E-state index is 9.99. The molecule has 0 fully saturated rings. The van der Waals surface area contributed by atoms with Crippen LogP contribution in [-0.2, 0) is 4.74 Å². The first-order valence-corrected chi connectivity index (χ1v) is 18.5. The van der Waals surface area contributed by atoms with Gasteiger partial charge in [-0.05, 0) is 0 Å².